The maximum atomic E-state index is 2.45. The molecule has 1 saturated carbocycles. The first-order chi connectivity index (χ1) is 4.30. The van der Waals surface area contributed by atoms with E-state index in [0.717, 1.165) is 11.8 Å². The summed E-state index contributed by atoms with van der Waals surface area (Å²) in [6.45, 7) is 4.67. The predicted octanol–water partition coefficient (Wildman–Crippen LogP) is 3.03. The second kappa shape index (κ2) is 5.33. The zero-order valence-corrected chi connectivity index (χ0v) is 9.65. The topological polar surface area (TPSA) is 0 Å². The Hall–Kier alpha value is 0.662. The van der Waals surface area contributed by atoms with Crippen LogP contribution in [0.5, 0.6) is 0 Å². The summed E-state index contributed by atoms with van der Waals surface area (Å²) < 4.78 is 0. The minimum atomic E-state index is 0. The Morgan fingerprint density at radius 2 is 2.10 bits per heavy atom. The van der Waals surface area contributed by atoms with Crippen LogP contribution in [-0.4, -0.2) is 0 Å². The van der Waals surface area contributed by atoms with Crippen LogP contribution in [0, 0.1) is 18.3 Å². The minimum absolute atomic E-state index is 0. The van der Waals surface area contributed by atoms with Gasteiger partial charge in [-0.05, 0) is 5.92 Å². The van der Waals surface area contributed by atoms with Crippen LogP contribution in [0.1, 0.15) is 39.5 Å². The molecule has 1 heteroatoms. The van der Waals surface area contributed by atoms with E-state index in [4.69, 9.17) is 0 Å². The molecule has 1 rings (SSSR count). The largest absolute Gasteiger partial charge is 0.328 e. The molecule has 0 aromatic rings. The Labute approximate surface area is 78.4 Å². The van der Waals surface area contributed by atoms with Crippen molar-refractivity contribution >= 4 is 0 Å². The van der Waals surface area contributed by atoms with Gasteiger partial charge in [0.25, 0.3) is 0 Å². The van der Waals surface area contributed by atoms with Gasteiger partial charge in [0.2, 0.25) is 0 Å². The Morgan fingerprint density at radius 3 is 2.40 bits per heavy atom. The molecule has 0 aliphatic heterocycles. The van der Waals surface area contributed by atoms with Crippen LogP contribution < -0.4 is 0 Å². The predicted molar refractivity (Wildman–Crippen MR) is 41.1 cm³/mol. The maximum absolute atomic E-state index is 2.45. The van der Waals surface area contributed by atoms with Crippen molar-refractivity contribution in [3.8, 4) is 0 Å². The molecule has 1 unspecified atom stereocenters. The van der Waals surface area contributed by atoms with Crippen molar-refractivity contribution in [3.63, 3.8) is 0 Å². The fourth-order valence-corrected chi connectivity index (χ4v) is 1.58. The van der Waals surface area contributed by atoms with E-state index in [1.54, 1.807) is 0 Å². The van der Waals surface area contributed by atoms with Gasteiger partial charge < -0.3 is 6.42 Å². The quantitative estimate of drug-likeness (QED) is 0.653. The van der Waals surface area contributed by atoms with Gasteiger partial charge in [0.15, 0.2) is 0 Å². The first-order valence-corrected chi connectivity index (χ1v) is 4.12. The Bertz CT molecular complexity index is 72.8. The number of hydrogen-bond donors (Lipinski definition) is 0. The molecule has 0 spiro atoms. The molecule has 0 nitrogen and oxygen atoms in total. The molecule has 10 heavy (non-hydrogen) atoms. The third-order valence-corrected chi connectivity index (χ3v) is 2.40. The van der Waals surface area contributed by atoms with Crippen molar-refractivity contribution in [2.75, 3.05) is 0 Å². The molecule has 1 aliphatic rings. The first kappa shape index (κ1) is 10.7. The maximum Gasteiger partial charge on any atom is 0 e. The average Bonchev–Trinajstić information content (AvgIpc) is 1.90. The molecular weight excluding hydrogens is 294 g/mol. The van der Waals surface area contributed by atoms with Gasteiger partial charge in [0.1, 0.15) is 0 Å². The van der Waals surface area contributed by atoms with Gasteiger partial charge in [-0.2, -0.15) is 12.8 Å². The van der Waals surface area contributed by atoms with Crippen molar-refractivity contribution in [1.82, 2.24) is 0 Å². The van der Waals surface area contributed by atoms with Crippen molar-refractivity contribution in [1.29, 1.82) is 0 Å². The number of hydrogen-bond acceptors (Lipinski definition) is 0. The standard InChI is InChI=1S/C9H17.Re/c1-8(2)9-6-4-3-5-7-9;/h4,8-9H,3,5-7H2,1-2H3;/q-1;. The molecule has 0 aromatic heterocycles. The zero-order valence-electron chi connectivity index (χ0n) is 6.94. The summed E-state index contributed by atoms with van der Waals surface area (Å²) in [5.41, 5.74) is 0. The molecule has 0 saturated heterocycles. The minimum Gasteiger partial charge on any atom is -0.328 e. The molecule has 0 aromatic carbocycles. The second-order valence-corrected chi connectivity index (χ2v) is 3.46. The van der Waals surface area contributed by atoms with E-state index in [9.17, 15) is 0 Å². The van der Waals surface area contributed by atoms with Gasteiger partial charge in [-0.3, -0.25) is 0 Å². The van der Waals surface area contributed by atoms with Crippen LogP contribution >= 0.6 is 0 Å². The van der Waals surface area contributed by atoms with Crippen molar-refractivity contribution < 1.29 is 20.4 Å². The van der Waals surface area contributed by atoms with Crippen LogP contribution in [-0.2, 0) is 20.4 Å². The van der Waals surface area contributed by atoms with Crippen molar-refractivity contribution in [2.45, 2.75) is 39.5 Å². The number of rotatable bonds is 1. The summed E-state index contributed by atoms with van der Waals surface area (Å²) in [6, 6.07) is 0. The monoisotopic (exact) mass is 312 g/mol. The molecule has 1 aliphatic carbocycles. The fraction of sp³-hybridized carbons (Fsp3) is 0.889. The molecule has 1 atom stereocenters. The first-order valence-electron chi connectivity index (χ1n) is 4.12. The molecule has 1 fully saturated rings. The molecule has 0 bridgehead atoms. The Morgan fingerprint density at radius 1 is 1.40 bits per heavy atom. The van der Waals surface area contributed by atoms with Gasteiger partial charge in [-0.15, -0.1) is 0 Å². The van der Waals surface area contributed by atoms with Gasteiger partial charge in [-0.25, -0.2) is 0 Å². The summed E-state index contributed by atoms with van der Waals surface area (Å²) in [5.74, 6) is 1.90. The fourth-order valence-electron chi connectivity index (χ4n) is 1.58. The summed E-state index contributed by atoms with van der Waals surface area (Å²) >= 11 is 0. The van der Waals surface area contributed by atoms with E-state index in [-0.39, 0.29) is 20.4 Å². The van der Waals surface area contributed by atoms with E-state index in [2.05, 4.69) is 20.3 Å². The average molecular weight is 311 g/mol. The molecule has 61 valence electrons. The van der Waals surface area contributed by atoms with Crippen LogP contribution in [0.25, 0.3) is 0 Å². The normalized spacial score (nSPS) is 26.1. The Balaban J connectivity index is 0.000000810. The molecule has 0 N–H and O–H groups in total. The molecular formula is C9H17Re-. The van der Waals surface area contributed by atoms with Crippen LogP contribution in [0.4, 0.5) is 0 Å². The molecule has 0 amide bonds. The summed E-state index contributed by atoms with van der Waals surface area (Å²) in [4.78, 5) is 0. The van der Waals surface area contributed by atoms with E-state index in [0.29, 0.717) is 0 Å². The third-order valence-electron chi connectivity index (χ3n) is 2.40. The van der Waals surface area contributed by atoms with Crippen molar-refractivity contribution in [2.24, 2.45) is 11.8 Å². The summed E-state index contributed by atoms with van der Waals surface area (Å²) in [5, 5.41) is 0. The van der Waals surface area contributed by atoms with Crippen molar-refractivity contribution in [3.05, 3.63) is 6.42 Å². The molecule has 0 heterocycles. The summed E-state index contributed by atoms with van der Waals surface area (Å²) in [6.07, 6.45) is 8.09. The Kier molecular flexibility index (Phi) is 5.68. The van der Waals surface area contributed by atoms with Crippen LogP contribution in [0.2, 0.25) is 0 Å². The second-order valence-electron chi connectivity index (χ2n) is 3.46. The van der Waals surface area contributed by atoms with Gasteiger partial charge in [0, 0.05) is 20.4 Å². The third kappa shape index (κ3) is 3.17. The van der Waals surface area contributed by atoms with E-state index in [1.165, 1.54) is 25.7 Å². The van der Waals surface area contributed by atoms with Gasteiger partial charge >= 0.3 is 0 Å². The van der Waals surface area contributed by atoms with E-state index >= 15 is 0 Å². The SMILES string of the molecule is CC(C)C1C[CH-]CCC1.[Re]. The van der Waals surface area contributed by atoms with Crippen LogP contribution in [0.15, 0.2) is 0 Å². The van der Waals surface area contributed by atoms with Crippen LogP contribution in [0.3, 0.4) is 0 Å². The van der Waals surface area contributed by atoms with Gasteiger partial charge in [-0.1, -0.05) is 32.6 Å². The zero-order chi connectivity index (χ0) is 6.69. The molecule has 1 radical (unpaired) electrons. The van der Waals surface area contributed by atoms with Gasteiger partial charge in [0.05, 0.1) is 0 Å². The smallest absolute Gasteiger partial charge is 0 e. The van der Waals surface area contributed by atoms with E-state index in [1.807, 2.05) is 0 Å². The van der Waals surface area contributed by atoms with E-state index < -0.39 is 0 Å². The summed E-state index contributed by atoms with van der Waals surface area (Å²) in [7, 11) is 0.